The van der Waals surface area contributed by atoms with Crippen molar-refractivity contribution in [3.8, 4) is 11.3 Å². The van der Waals surface area contributed by atoms with Gasteiger partial charge in [0.25, 0.3) is 0 Å². The van der Waals surface area contributed by atoms with E-state index in [0.717, 1.165) is 42.2 Å². The summed E-state index contributed by atoms with van der Waals surface area (Å²) >= 11 is 0. The van der Waals surface area contributed by atoms with Crippen LogP contribution < -0.4 is 10.2 Å². The predicted molar refractivity (Wildman–Crippen MR) is 115 cm³/mol. The summed E-state index contributed by atoms with van der Waals surface area (Å²) < 4.78 is 0. The molecule has 0 aliphatic carbocycles. The molecule has 1 aromatic carbocycles. The van der Waals surface area contributed by atoms with E-state index in [1.54, 1.807) is 0 Å². The van der Waals surface area contributed by atoms with Gasteiger partial charge in [0.15, 0.2) is 5.82 Å². The first kappa shape index (κ1) is 19.1. The fraction of sp³-hybridized carbons (Fsp3) is 0.304. The van der Waals surface area contributed by atoms with Crippen molar-refractivity contribution < 1.29 is 4.79 Å². The summed E-state index contributed by atoms with van der Waals surface area (Å²) in [6.07, 6.45) is 1.81. The Morgan fingerprint density at radius 1 is 1.03 bits per heavy atom. The van der Waals surface area contributed by atoms with Gasteiger partial charge in [-0.15, -0.1) is 10.2 Å². The normalized spacial score (nSPS) is 16.5. The molecule has 1 saturated heterocycles. The first-order valence-electron chi connectivity index (χ1n) is 9.99. The van der Waals surface area contributed by atoms with E-state index >= 15 is 0 Å². The summed E-state index contributed by atoms with van der Waals surface area (Å²) in [5.41, 5.74) is 4.02. The van der Waals surface area contributed by atoms with Gasteiger partial charge in [0.05, 0.1) is 11.6 Å². The summed E-state index contributed by atoms with van der Waals surface area (Å²) in [5, 5.41) is 11.8. The number of hydrogen-bond acceptors (Lipinski definition) is 5. The maximum Gasteiger partial charge on any atom is 0.230 e. The standard InChI is InChI=1S/C23H25N5O/c1-16-7-3-4-10-19(16)20-12-13-22(27-26-20)28-14-6-9-18(15-28)23(29)25-21-11-5-8-17(2)24-21/h3-5,7-8,10-13,18H,6,9,14-15H2,1-2H3,(H,24,25,29). The molecule has 0 saturated carbocycles. The van der Waals surface area contributed by atoms with Crippen LogP contribution in [0.15, 0.2) is 54.6 Å². The fourth-order valence-corrected chi connectivity index (χ4v) is 3.74. The number of rotatable bonds is 4. The van der Waals surface area contributed by atoms with Crippen molar-refractivity contribution >= 4 is 17.5 Å². The number of pyridine rings is 1. The van der Waals surface area contributed by atoms with E-state index < -0.39 is 0 Å². The van der Waals surface area contributed by atoms with Crippen LogP contribution in [0.4, 0.5) is 11.6 Å². The van der Waals surface area contributed by atoms with Gasteiger partial charge in [0, 0.05) is 24.3 Å². The van der Waals surface area contributed by atoms with Crippen LogP contribution in [-0.2, 0) is 4.79 Å². The Bertz CT molecular complexity index is 1000. The monoisotopic (exact) mass is 387 g/mol. The third kappa shape index (κ3) is 4.42. The second-order valence-corrected chi connectivity index (χ2v) is 7.53. The van der Waals surface area contributed by atoms with E-state index in [1.807, 2.05) is 49.4 Å². The average molecular weight is 387 g/mol. The SMILES string of the molecule is Cc1cccc(NC(=O)C2CCCN(c3ccc(-c4ccccc4C)nn3)C2)n1. The first-order valence-corrected chi connectivity index (χ1v) is 9.99. The Balaban J connectivity index is 1.44. The van der Waals surface area contributed by atoms with Crippen molar-refractivity contribution in [2.24, 2.45) is 5.92 Å². The van der Waals surface area contributed by atoms with E-state index in [-0.39, 0.29) is 11.8 Å². The first-order chi connectivity index (χ1) is 14.1. The van der Waals surface area contributed by atoms with Crippen LogP contribution in [0.1, 0.15) is 24.1 Å². The zero-order chi connectivity index (χ0) is 20.2. The van der Waals surface area contributed by atoms with Crippen LogP contribution in [0.2, 0.25) is 0 Å². The molecule has 1 amide bonds. The summed E-state index contributed by atoms with van der Waals surface area (Å²) in [6.45, 7) is 5.50. The fourth-order valence-electron chi connectivity index (χ4n) is 3.74. The predicted octanol–water partition coefficient (Wildman–Crippen LogP) is 4.01. The Hall–Kier alpha value is -3.28. The summed E-state index contributed by atoms with van der Waals surface area (Å²) in [7, 11) is 0. The minimum absolute atomic E-state index is 0.0114. The molecule has 1 atom stereocenters. The van der Waals surface area contributed by atoms with Crippen LogP contribution in [-0.4, -0.2) is 34.2 Å². The van der Waals surface area contributed by atoms with Crippen molar-refractivity contribution in [3.05, 3.63) is 65.9 Å². The third-order valence-corrected chi connectivity index (χ3v) is 5.33. The van der Waals surface area contributed by atoms with Gasteiger partial charge in [-0.3, -0.25) is 4.79 Å². The summed E-state index contributed by atoms with van der Waals surface area (Å²) in [4.78, 5) is 19.2. The minimum atomic E-state index is -0.0936. The largest absolute Gasteiger partial charge is 0.354 e. The Labute approximate surface area is 171 Å². The quantitative estimate of drug-likeness (QED) is 0.732. The van der Waals surface area contributed by atoms with Crippen molar-refractivity contribution in [2.75, 3.05) is 23.3 Å². The summed E-state index contributed by atoms with van der Waals surface area (Å²) in [6, 6.07) is 17.8. The molecule has 1 aliphatic heterocycles. The number of anilines is 2. The van der Waals surface area contributed by atoms with Gasteiger partial charge in [-0.1, -0.05) is 30.3 Å². The molecule has 0 radical (unpaired) electrons. The molecule has 0 bridgehead atoms. The maximum absolute atomic E-state index is 12.7. The molecule has 148 valence electrons. The molecule has 29 heavy (non-hydrogen) atoms. The molecule has 1 unspecified atom stereocenters. The number of hydrogen-bond donors (Lipinski definition) is 1. The molecule has 1 N–H and O–H groups in total. The van der Waals surface area contributed by atoms with Crippen molar-refractivity contribution in [1.82, 2.24) is 15.2 Å². The van der Waals surface area contributed by atoms with E-state index in [0.29, 0.717) is 12.4 Å². The van der Waals surface area contributed by atoms with E-state index in [9.17, 15) is 4.79 Å². The lowest BCUT2D eigenvalue weighted by Crippen LogP contribution is -2.41. The number of piperidine rings is 1. The number of carbonyl (C=O) groups is 1. The van der Waals surface area contributed by atoms with Gasteiger partial charge in [0.2, 0.25) is 5.91 Å². The van der Waals surface area contributed by atoms with Gasteiger partial charge >= 0.3 is 0 Å². The highest BCUT2D eigenvalue weighted by Crippen LogP contribution is 2.25. The van der Waals surface area contributed by atoms with Crippen molar-refractivity contribution in [1.29, 1.82) is 0 Å². The number of carbonyl (C=O) groups excluding carboxylic acids is 1. The van der Waals surface area contributed by atoms with Crippen LogP contribution in [0, 0.1) is 19.8 Å². The van der Waals surface area contributed by atoms with Crippen LogP contribution in [0.3, 0.4) is 0 Å². The molecule has 3 heterocycles. The zero-order valence-electron chi connectivity index (χ0n) is 16.8. The molecule has 2 aromatic heterocycles. The molecule has 1 fully saturated rings. The van der Waals surface area contributed by atoms with Gasteiger partial charge in [-0.25, -0.2) is 4.98 Å². The Morgan fingerprint density at radius 2 is 1.90 bits per heavy atom. The number of aryl methyl sites for hydroxylation is 2. The second-order valence-electron chi connectivity index (χ2n) is 7.53. The molecule has 6 heteroatoms. The lowest BCUT2D eigenvalue weighted by molar-refractivity contribution is -0.120. The minimum Gasteiger partial charge on any atom is -0.354 e. The molecular formula is C23H25N5O. The molecule has 6 nitrogen and oxygen atoms in total. The topological polar surface area (TPSA) is 71.0 Å². The number of benzene rings is 1. The maximum atomic E-state index is 12.7. The lowest BCUT2D eigenvalue weighted by atomic mass is 9.97. The zero-order valence-corrected chi connectivity index (χ0v) is 16.8. The number of nitrogens with one attached hydrogen (secondary N) is 1. The Morgan fingerprint density at radius 3 is 2.66 bits per heavy atom. The van der Waals surface area contributed by atoms with E-state index in [4.69, 9.17) is 0 Å². The second kappa shape index (κ2) is 8.39. The van der Waals surface area contributed by atoms with E-state index in [2.05, 4.69) is 44.5 Å². The molecule has 4 rings (SSSR count). The van der Waals surface area contributed by atoms with Crippen molar-refractivity contribution in [3.63, 3.8) is 0 Å². The van der Waals surface area contributed by atoms with Crippen molar-refractivity contribution in [2.45, 2.75) is 26.7 Å². The van der Waals surface area contributed by atoms with Gasteiger partial charge < -0.3 is 10.2 Å². The van der Waals surface area contributed by atoms with Crippen LogP contribution in [0.25, 0.3) is 11.3 Å². The van der Waals surface area contributed by atoms with Gasteiger partial charge in [0.1, 0.15) is 5.82 Å². The van der Waals surface area contributed by atoms with E-state index in [1.165, 1.54) is 5.56 Å². The molecule has 0 spiro atoms. The third-order valence-electron chi connectivity index (χ3n) is 5.33. The average Bonchev–Trinajstić information content (AvgIpc) is 2.74. The molecule has 3 aromatic rings. The molecule has 1 aliphatic rings. The number of aromatic nitrogens is 3. The smallest absolute Gasteiger partial charge is 0.230 e. The summed E-state index contributed by atoms with van der Waals surface area (Å²) in [5.74, 6) is 1.34. The van der Waals surface area contributed by atoms with Gasteiger partial charge in [-0.2, -0.15) is 0 Å². The van der Waals surface area contributed by atoms with Crippen LogP contribution in [0.5, 0.6) is 0 Å². The lowest BCUT2D eigenvalue weighted by Gasteiger charge is -2.32. The highest BCUT2D eigenvalue weighted by Gasteiger charge is 2.27. The number of amides is 1. The highest BCUT2D eigenvalue weighted by molar-refractivity contribution is 5.92. The van der Waals surface area contributed by atoms with Crippen LogP contribution >= 0.6 is 0 Å². The van der Waals surface area contributed by atoms with Gasteiger partial charge in [-0.05, 0) is 56.5 Å². The number of nitrogens with zero attached hydrogens (tertiary/aromatic N) is 4. The Kier molecular flexibility index (Phi) is 5.51. The molecular weight excluding hydrogens is 362 g/mol. The highest BCUT2D eigenvalue weighted by atomic mass is 16.2.